The first-order valence-electron chi connectivity index (χ1n) is 10.9. The summed E-state index contributed by atoms with van der Waals surface area (Å²) >= 11 is 0. The SMILES string of the molecule is CCOc1ccccc1/C=N\N1CC(=O)N2[C@@H](Cc3c([nH]c4ccccc34)C2(C)C)C1=O. The van der Waals surface area contributed by atoms with Gasteiger partial charge >= 0.3 is 0 Å². The van der Waals surface area contributed by atoms with Gasteiger partial charge in [-0.1, -0.05) is 30.3 Å². The van der Waals surface area contributed by atoms with Crippen molar-refractivity contribution in [1.82, 2.24) is 14.9 Å². The number of para-hydroxylation sites is 2. The molecule has 1 saturated heterocycles. The number of H-pyrrole nitrogens is 1. The van der Waals surface area contributed by atoms with Gasteiger partial charge in [-0.05, 0) is 44.5 Å². The summed E-state index contributed by atoms with van der Waals surface area (Å²) in [5, 5.41) is 6.79. The third kappa shape index (κ3) is 3.07. The molecule has 0 unspecified atom stereocenters. The van der Waals surface area contributed by atoms with Gasteiger partial charge in [0.15, 0.2) is 0 Å². The van der Waals surface area contributed by atoms with Crippen molar-refractivity contribution in [3.05, 3.63) is 65.4 Å². The Balaban J connectivity index is 1.50. The van der Waals surface area contributed by atoms with Crippen molar-refractivity contribution in [2.75, 3.05) is 13.2 Å². The molecule has 2 aliphatic heterocycles. The maximum absolute atomic E-state index is 13.5. The van der Waals surface area contributed by atoms with E-state index in [-0.39, 0.29) is 18.4 Å². The number of aromatic nitrogens is 1. The number of hydrogen-bond donors (Lipinski definition) is 1. The molecule has 1 aromatic heterocycles. The van der Waals surface area contributed by atoms with Crippen molar-refractivity contribution in [2.24, 2.45) is 5.10 Å². The smallest absolute Gasteiger partial charge is 0.266 e. The fourth-order valence-corrected chi connectivity index (χ4v) is 4.97. The fraction of sp³-hybridized carbons (Fsp3) is 0.320. The highest BCUT2D eigenvalue weighted by molar-refractivity contribution is 5.98. The summed E-state index contributed by atoms with van der Waals surface area (Å²) in [7, 11) is 0. The number of piperazine rings is 1. The Bertz CT molecular complexity index is 1240. The molecule has 2 aromatic carbocycles. The first kappa shape index (κ1) is 20.3. The molecule has 5 rings (SSSR count). The van der Waals surface area contributed by atoms with Gasteiger partial charge in [-0.2, -0.15) is 5.10 Å². The number of carbonyl (C=O) groups is 2. The Labute approximate surface area is 186 Å². The maximum atomic E-state index is 13.5. The van der Waals surface area contributed by atoms with E-state index in [0.29, 0.717) is 18.8 Å². The summed E-state index contributed by atoms with van der Waals surface area (Å²) in [4.78, 5) is 31.9. The van der Waals surface area contributed by atoms with Gasteiger partial charge in [-0.15, -0.1) is 0 Å². The number of nitrogens with one attached hydrogen (secondary N) is 1. The normalized spacial score (nSPS) is 20.0. The lowest BCUT2D eigenvalue weighted by atomic mass is 9.82. The lowest BCUT2D eigenvalue weighted by Gasteiger charge is -2.50. The molecule has 0 saturated carbocycles. The lowest BCUT2D eigenvalue weighted by Crippen LogP contribution is -2.66. The minimum atomic E-state index is -0.624. The van der Waals surface area contributed by atoms with Crippen LogP contribution in [0.4, 0.5) is 0 Å². The number of aromatic amines is 1. The van der Waals surface area contributed by atoms with E-state index in [2.05, 4.69) is 16.2 Å². The Morgan fingerprint density at radius 1 is 1.16 bits per heavy atom. The number of hydrogen-bond acceptors (Lipinski definition) is 4. The predicted octanol–water partition coefficient (Wildman–Crippen LogP) is 3.43. The fourth-order valence-electron chi connectivity index (χ4n) is 4.97. The van der Waals surface area contributed by atoms with E-state index in [1.807, 2.05) is 63.2 Å². The molecule has 1 N–H and O–H groups in total. The van der Waals surface area contributed by atoms with Crippen molar-refractivity contribution in [3.8, 4) is 5.75 Å². The summed E-state index contributed by atoms with van der Waals surface area (Å²) in [5.41, 5.74) is 3.26. The monoisotopic (exact) mass is 430 g/mol. The molecule has 2 amide bonds. The molecule has 0 aliphatic carbocycles. The number of benzene rings is 2. The van der Waals surface area contributed by atoms with Gasteiger partial charge in [-0.25, -0.2) is 5.01 Å². The van der Waals surface area contributed by atoms with E-state index in [1.165, 1.54) is 5.01 Å². The van der Waals surface area contributed by atoms with E-state index in [1.54, 1.807) is 11.1 Å². The third-order valence-electron chi connectivity index (χ3n) is 6.39. The van der Waals surface area contributed by atoms with Gasteiger partial charge in [0.05, 0.1) is 18.4 Å². The number of nitrogens with zero attached hydrogens (tertiary/aromatic N) is 3. The van der Waals surface area contributed by atoms with Gasteiger partial charge in [-0.3, -0.25) is 9.59 Å². The molecular weight excluding hydrogens is 404 g/mol. The van der Waals surface area contributed by atoms with Crippen LogP contribution < -0.4 is 4.74 Å². The number of rotatable bonds is 4. The van der Waals surface area contributed by atoms with E-state index < -0.39 is 11.6 Å². The third-order valence-corrected chi connectivity index (χ3v) is 6.39. The zero-order chi connectivity index (χ0) is 22.5. The minimum absolute atomic E-state index is 0.0817. The van der Waals surface area contributed by atoms with E-state index in [4.69, 9.17) is 4.74 Å². The van der Waals surface area contributed by atoms with Crippen molar-refractivity contribution in [3.63, 3.8) is 0 Å². The minimum Gasteiger partial charge on any atom is -0.493 e. The largest absolute Gasteiger partial charge is 0.493 e. The highest BCUT2D eigenvalue weighted by Crippen LogP contribution is 2.42. The van der Waals surface area contributed by atoms with Crippen molar-refractivity contribution < 1.29 is 14.3 Å². The molecule has 2 aliphatic rings. The van der Waals surface area contributed by atoms with Gasteiger partial charge in [0.1, 0.15) is 18.3 Å². The van der Waals surface area contributed by atoms with Crippen LogP contribution in [0.2, 0.25) is 0 Å². The number of amides is 2. The van der Waals surface area contributed by atoms with Crippen LogP contribution in [0.5, 0.6) is 5.75 Å². The van der Waals surface area contributed by atoms with Gasteiger partial charge in [0.2, 0.25) is 5.91 Å². The molecule has 0 bridgehead atoms. The van der Waals surface area contributed by atoms with Crippen LogP contribution in [0.25, 0.3) is 10.9 Å². The molecule has 1 atom stereocenters. The van der Waals surface area contributed by atoms with Crippen molar-refractivity contribution in [1.29, 1.82) is 0 Å². The summed E-state index contributed by atoms with van der Waals surface area (Å²) in [6, 6.07) is 15.0. The number of fused-ring (bicyclic) bond motifs is 4. The topological polar surface area (TPSA) is 78.0 Å². The van der Waals surface area contributed by atoms with E-state index >= 15 is 0 Å². The van der Waals surface area contributed by atoms with E-state index in [9.17, 15) is 9.59 Å². The first-order valence-corrected chi connectivity index (χ1v) is 10.9. The molecule has 7 nitrogen and oxygen atoms in total. The Hall–Kier alpha value is -3.61. The second-order valence-electron chi connectivity index (χ2n) is 8.68. The van der Waals surface area contributed by atoms with Crippen LogP contribution in [0.1, 0.15) is 37.6 Å². The highest BCUT2D eigenvalue weighted by atomic mass is 16.5. The standard InChI is InChI=1S/C25H26N4O3/c1-4-32-21-12-8-5-9-16(21)14-26-28-15-22(30)29-20(24(28)31)13-18-17-10-6-7-11-19(17)27-23(18)25(29,2)3/h5-12,14,20,27H,4,13,15H2,1-3H3/b26-14-/t20-/m0/s1. The summed E-state index contributed by atoms with van der Waals surface area (Å²) in [5.74, 6) is 0.413. The van der Waals surface area contributed by atoms with Gasteiger partial charge < -0.3 is 14.6 Å². The Morgan fingerprint density at radius 2 is 1.91 bits per heavy atom. The highest BCUT2D eigenvalue weighted by Gasteiger charge is 2.51. The van der Waals surface area contributed by atoms with Crippen LogP contribution in [0, 0.1) is 0 Å². The molecule has 0 spiro atoms. The molecule has 164 valence electrons. The summed E-state index contributed by atoms with van der Waals surface area (Å²) in [6.45, 7) is 6.36. The van der Waals surface area contributed by atoms with Crippen LogP contribution in [0.15, 0.2) is 53.6 Å². The molecule has 1 fully saturated rings. The van der Waals surface area contributed by atoms with Crippen LogP contribution in [0.3, 0.4) is 0 Å². The Morgan fingerprint density at radius 3 is 2.72 bits per heavy atom. The van der Waals surface area contributed by atoms with Crippen molar-refractivity contribution in [2.45, 2.75) is 38.8 Å². The summed E-state index contributed by atoms with van der Waals surface area (Å²) in [6.07, 6.45) is 2.06. The molecule has 7 heteroatoms. The quantitative estimate of drug-likeness (QED) is 0.644. The number of hydrazone groups is 1. The number of carbonyl (C=O) groups excluding carboxylic acids is 2. The van der Waals surface area contributed by atoms with Crippen LogP contribution in [-0.2, 0) is 21.5 Å². The van der Waals surface area contributed by atoms with Gasteiger partial charge in [0, 0.05) is 28.6 Å². The average molecular weight is 431 g/mol. The molecule has 0 radical (unpaired) electrons. The second-order valence-corrected chi connectivity index (χ2v) is 8.68. The molecule has 3 aromatic rings. The number of ether oxygens (including phenoxy) is 1. The van der Waals surface area contributed by atoms with E-state index in [0.717, 1.165) is 27.7 Å². The predicted molar refractivity (Wildman–Crippen MR) is 123 cm³/mol. The molecular formula is C25H26N4O3. The average Bonchev–Trinajstić information content (AvgIpc) is 3.16. The Kier molecular flexibility index (Phi) is 4.77. The first-order chi connectivity index (χ1) is 15.4. The molecule has 3 heterocycles. The molecule has 32 heavy (non-hydrogen) atoms. The van der Waals surface area contributed by atoms with Gasteiger partial charge in [0.25, 0.3) is 5.91 Å². The van der Waals surface area contributed by atoms with Crippen molar-refractivity contribution >= 4 is 28.9 Å². The lowest BCUT2D eigenvalue weighted by molar-refractivity contribution is -0.163. The van der Waals surface area contributed by atoms with Crippen LogP contribution >= 0.6 is 0 Å². The zero-order valence-corrected chi connectivity index (χ0v) is 18.5. The second kappa shape index (κ2) is 7.51. The summed E-state index contributed by atoms with van der Waals surface area (Å²) < 4.78 is 5.64. The van der Waals surface area contributed by atoms with Crippen LogP contribution in [-0.4, -0.2) is 52.1 Å². The zero-order valence-electron chi connectivity index (χ0n) is 18.5. The maximum Gasteiger partial charge on any atom is 0.266 e.